The summed E-state index contributed by atoms with van der Waals surface area (Å²) in [6.45, 7) is 10.4. The van der Waals surface area contributed by atoms with E-state index in [-0.39, 0.29) is 11.9 Å². The molecule has 0 spiro atoms. The van der Waals surface area contributed by atoms with Crippen LogP contribution in [-0.4, -0.2) is 45.3 Å². The van der Waals surface area contributed by atoms with Gasteiger partial charge in [-0.05, 0) is 27.7 Å². The van der Waals surface area contributed by atoms with Gasteiger partial charge in [0.2, 0.25) is 0 Å². The van der Waals surface area contributed by atoms with Crippen molar-refractivity contribution in [3.05, 3.63) is 34.7 Å². The number of carbonyl (C=O) groups excluding carboxylic acids is 1. The topological polar surface area (TPSA) is 73.4 Å². The first-order chi connectivity index (χ1) is 11.5. The summed E-state index contributed by atoms with van der Waals surface area (Å²) in [5, 5.41) is 3.89. The molecular formula is C17H24N4O3. The van der Waals surface area contributed by atoms with Crippen LogP contribution in [0.2, 0.25) is 0 Å². The monoisotopic (exact) mass is 332 g/mol. The first-order valence-electron chi connectivity index (χ1n) is 8.40. The van der Waals surface area contributed by atoms with Crippen molar-refractivity contribution in [2.75, 3.05) is 19.8 Å². The molecule has 0 saturated carbocycles. The summed E-state index contributed by atoms with van der Waals surface area (Å²) in [4.78, 5) is 19.3. The largest absolute Gasteiger partial charge is 0.381 e. The van der Waals surface area contributed by atoms with Gasteiger partial charge in [0.05, 0.1) is 18.3 Å². The molecule has 0 radical (unpaired) electrons. The molecule has 1 atom stereocenters. The first kappa shape index (κ1) is 16.7. The van der Waals surface area contributed by atoms with E-state index in [2.05, 4.69) is 14.7 Å². The molecule has 0 bridgehead atoms. The molecule has 2 aromatic rings. The summed E-state index contributed by atoms with van der Waals surface area (Å²) in [7, 11) is 0. The Morgan fingerprint density at radius 1 is 1.42 bits per heavy atom. The summed E-state index contributed by atoms with van der Waals surface area (Å²) >= 11 is 0. The quantitative estimate of drug-likeness (QED) is 0.786. The maximum Gasteiger partial charge on any atom is 0.260 e. The smallest absolute Gasteiger partial charge is 0.260 e. The number of fused-ring (bicyclic) bond motifs is 1. The number of amides is 1. The SMILES string of the molecule is CCOCCc1cnc2n1CCN(C(=O)c1c(C)noc1C)[C@H]2C. The maximum atomic E-state index is 12.9. The van der Waals surface area contributed by atoms with Gasteiger partial charge in [0.15, 0.2) is 0 Å². The fourth-order valence-electron chi connectivity index (χ4n) is 3.29. The van der Waals surface area contributed by atoms with E-state index in [9.17, 15) is 4.79 Å². The van der Waals surface area contributed by atoms with Crippen LogP contribution in [-0.2, 0) is 17.7 Å². The highest BCUT2D eigenvalue weighted by molar-refractivity contribution is 5.96. The average molecular weight is 332 g/mol. The Kier molecular flexibility index (Phi) is 4.71. The summed E-state index contributed by atoms with van der Waals surface area (Å²) in [6, 6.07) is -0.0826. The molecule has 1 aliphatic heterocycles. The number of ether oxygens (including phenoxy) is 1. The van der Waals surface area contributed by atoms with E-state index in [4.69, 9.17) is 9.26 Å². The Labute approximate surface area is 141 Å². The molecule has 2 aromatic heterocycles. The van der Waals surface area contributed by atoms with Gasteiger partial charge in [-0.1, -0.05) is 5.16 Å². The minimum atomic E-state index is -0.0826. The van der Waals surface area contributed by atoms with Gasteiger partial charge in [-0.2, -0.15) is 0 Å². The van der Waals surface area contributed by atoms with Crippen LogP contribution in [0.15, 0.2) is 10.7 Å². The summed E-state index contributed by atoms with van der Waals surface area (Å²) in [5.41, 5.74) is 2.36. The third kappa shape index (κ3) is 2.84. The molecular weight excluding hydrogens is 308 g/mol. The highest BCUT2D eigenvalue weighted by atomic mass is 16.5. The van der Waals surface area contributed by atoms with Gasteiger partial charge >= 0.3 is 0 Å². The van der Waals surface area contributed by atoms with E-state index in [1.54, 1.807) is 13.8 Å². The van der Waals surface area contributed by atoms with E-state index in [0.717, 1.165) is 31.1 Å². The van der Waals surface area contributed by atoms with Gasteiger partial charge in [0, 0.05) is 38.0 Å². The number of nitrogens with zero attached hydrogens (tertiary/aromatic N) is 4. The Morgan fingerprint density at radius 3 is 2.88 bits per heavy atom. The summed E-state index contributed by atoms with van der Waals surface area (Å²) in [6.07, 6.45) is 2.74. The number of imidazole rings is 1. The molecule has 130 valence electrons. The molecule has 3 rings (SSSR count). The van der Waals surface area contributed by atoms with Crippen molar-refractivity contribution in [2.45, 2.75) is 46.7 Å². The molecule has 1 amide bonds. The van der Waals surface area contributed by atoms with Crippen molar-refractivity contribution >= 4 is 5.91 Å². The molecule has 0 unspecified atom stereocenters. The number of rotatable bonds is 5. The Morgan fingerprint density at radius 2 is 2.21 bits per heavy atom. The van der Waals surface area contributed by atoms with Gasteiger partial charge in [-0.25, -0.2) is 4.98 Å². The van der Waals surface area contributed by atoms with Crippen molar-refractivity contribution in [1.82, 2.24) is 19.6 Å². The van der Waals surface area contributed by atoms with E-state index < -0.39 is 0 Å². The van der Waals surface area contributed by atoms with Gasteiger partial charge in [-0.15, -0.1) is 0 Å². The van der Waals surface area contributed by atoms with E-state index >= 15 is 0 Å². The third-order valence-corrected chi connectivity index (χ3v) is 4.59. The second-order valence-electron chi connectivity index (χ2n) is 6.08. The molecule has 0 saturated heterocycles. The standard InChI is InChI=1S/C17H24N4O3/c1-5-23-9-6-14-10-18-16-12(3)20(7-8-21(14)16)17(22)15-11(2)19-24-13(15)4/h10,12H,5-9H2,1-4H3/t12-/m0/s1. The van der Waals surface area contributed by atoms with Crippen LogP contribution >= 0.6 is 0 Å². The molecule has 1 aliphatic rings. The van der Waals surface area contributed by atoms with E-state index in [1.165, 1.54) is 0 Å². The zero-order valence-corrected chi connectivity index (χ0v) is 14.7. The highest BCUT2D eigenvalue weighted by Gasteiger charge is 2.33. The predicted octanol–water partition coefficient (Wildman–Crippen LogP) is 2.28. The lowest BCUT2D eigenvalue weighted by atomic mass is 10.1. The van der Waals surface area contributed by atoms with Gasteiger partial charge < -0.3 is 18.7 Å². The Bertz CT molecular complexity index is 715. The summed E-state index contributed by atoms with van der Waals surface area (Å²) in [5.74, 6) is 1.45. The van der Waals surface area contributed by atoms with Crippen molar-refractivity contribution in [3.63, 3.8) is 0 Å². The van der Waals surface area contributed by atoms with Crippen molar-refractivity contribution in [1.29, 1.82) is 0 Å². The molecule has 7 heteroatoms. The predicted molar refractivity (Wildman–Crippen MR) is 87.9 cm³/mol. The maximum absolute atomic E-state index is 12.9. The van der Waals surface area contributed by atoms with Gasteiger partial charge in [0.25, 0.3) is 5.91 Å². The Hall–Kier alpha value is -2.15. The fourth-order valence-corrected chi connectivity index (χ4v) is 3.29. The van der Waals surface area contributed by atoms with Crippen LogP contribution in [0, 0.1) is 13.8 Å². The molecule has 3 heterocycles. The second kappa shape index (κ2) is 6.76. The Balaban J connectivity index is 1.80. The van der Waals surface area contributed by atoms with Crippen LogP contribution in [0.5, 0.6) is 0 Å². The highest BCUT2D eigenvalue weighted by Crippen LogP contribution is 2.28. The van der Waals surface area contributed by atoms with Crippen molar-refractivity contribution in [2.24, 2.45) is 0 Å². The fraction of sp³-hybridized carbons (Fsp3) is 0.588. The molecule has 7 nitrogen and oxygen atoms in total. The molecule has 0 N–H and O–H groups in total. The number of aromatic nitrogens is 3. The summed E-state index contributed by atoms with van der Waals surface area (Å²) < 4.78 is 12.8. The molecule has 0 aromatic carbocycles. The third-order valence-electron chi connectivity index (χ3n) is 4.59. The zero-order valence-electron chi connectivity index (χ0n) is 14.7. The minimum absolute atomic E-state index is 0.0381. The number of hydrogen-bond acceptors (Lipinski definition) is 5. The van der Waals surface area contributed by atoms with Crippen LogP contribution in [0.25, 0.3) is 0 Å². The van der Waals surface area contributed by atoms with Crippen molar-refractivity contribution in [3.8, 4) is 0 Å². The zero-order chi connectivity index (χ0) is 17.3. The number of hydrogen-bond donors (Lipinski definition) is 0. The lowest BCUT2D eigenvalue weighted by Gasteiger charge is -2.34. The molecule has 0 fully saturated rings. The first-order valence-corrected chi connectivity index (χ1v) is 8.40. The average Bonchev–Trinajstić information content (AvgIpc) is 3.12. The van der Waals surface area contributed by atoms with Crippen molar-refractivity contribution < 1.29 is 14.1 Å². The van der Waals surface area contributed by atoms with Gasteiger partial charge in [0.1, 0.15) is 17.1 Å². The van der Waals surface area contributed by atoms with Gasteiger partial charge in [-0.3, -0.25) is 4.79 Å². The van der Waals surface area contributed by atoms with Crippen LogP contribution in [0.3, 0.4) is 0 Å². The molecule has 24 heavy (non-hydrogen) atoms. The minimum Gasteiger partial charge on any atom is -0.381 e. The van der Waals surface area contributed by atoms with Crippen LogP contribution in [0.1, 0.15) is 53.2 Å². The van der Waals surface area contributed by atoms with Crippen LogP contribution < -0.4 is 0 Å². The molecule has 0 aliphatic carbocycles. The normalized spacial score (nSPS) is 17.2. The van der Waals surface area contributed by atoms with E-state index in [0.29, 0.717) is 30.2 Å². The van der Waals surface area contributed by atoms with E-state index in [1.807, 2.05) is 24.9 Å². The second-order valence-corrected chi connectivity index (χ2v) is 6.08. The number of carbonyl (C=O) groups is 1. The lowest BCUT2D eigenvalue weighted by molar-refractivity contribution is 0.0632. The number of aryl methyl sites for hydroxylation is 2. The van der Waals surface area contributed by atoms with Crippen LogP contribution in [0.4, 0.5) is 0 Å². The lowest BCUT2D eigenvalue weighted by Crippen LogP contribution is -2.42.